The first-order valence-corrected chi connectivity index (χ1v) is 7.43. The number of nitrogens with zero attached hydrogens (tertiary/aromatic N) is 2. The maximum atomic E-state index is 11.1. The number of nitriles is 1. The van der Waals surface area contributed by atoms with Gasteiger partial charge in [-0.2, -0.15) is 5.26 Å². The van der Waals surface area contributed by atoms with Gasteiger partial charge in [-0.1, -0.05) is 26.0 Å². The number of hydrogen-bond donors (Lipinski definition) is 2. The fourth-order valence-corrected chi connectivity index (χ4v) is 2.67. The van der Waals surface area contributed by atoms with Gasteiger partial charge in [-0.25, -0.2) is 4.98 Å². The lowest BCUT2D eigenvalue weighted by Gasteiger charge is -2.17. The van der Waals surface area contributed by atoms with E-state index in [0.717, 1.165) is 22.4 Å². The zero-order valence-electron chi connectivity index (χ0n) is 13.8. The SMILES string of the molecule is CC(=O)Nc1ccc(-c2c(C)c(C(C)C)nc(N)c2C#N)cc1. The van der Waals surface area contributed by atoms with Crippen molar-refractivity contribution < 1.29 is 4.79 Å². The molecule has 2 aromatic rings. The van der Waals surface area contributed by atoms with Crippen LogP contribution in [0.1, 0.15) is 43.5 Å². The van der Waals surface area contributed by atoms with E-state index in [2.05, 4.69) is 16.4 Å². The summed E-state index contributed by atoms with van der Waals surface area (Å²) in [6.07, 6.45) is 0. The number of nitrogen functional groups attached to an aromatic ring is 1. The van der Waals surface area contributed by atoms with Crippen LogP contribution in [-0.2, 0) is 4.79 Å². The lowest BCUT2D eigenvalue weighted by molar-refractivity contribution is -0.114. The molecule has 0 aliphatic carbocycles. The van der Waals surface area contributed by atoms with Crippen LogP contribution in [0.3, 0.4) is 0 Å². The van der Waals surface area contributed by atoms with Crippen molar-refractivity contribution in [2.75, 3.05) is 11.1 Å². The third kappa shape index (κ3) is 3.32. The molecule has 0 aliphatic heterocycles. The number of hydrogen-bond acceptors (Lipinski definition) is 4. The molecule has 0 saturated heterocycles. The third-order valence-electron chi connectivity index (χ3n) is 3.66. The van der Waals surface area contributed by atoms with Crippen LogP contribution in [0.2, 0.25) is 0 Å². The number of rotatable bonds is 3. The van der Waals surface area contributed by atoms with Gasteiger partial charge in [0.1, 0.15) is 17.5 Å². The summed E-state index contributed by atoms with van der Waals surface area (Å²) in [6.45, 7) is 7.51. The maximum Gasteiger partial charge on any atom is 0.221 e. The van der Waals surface area contributed by atoms with E-state index < -0.39 is 0 Å². The molecule has 0 saturated carbocycles. The van der Waals surface area contributed by atoms with E-state index in [0.29, 0.717) is 11.3 Å². The summed E-state index contributed by atoms with van der Waals surface area (Å²) in [5.41, 5.74) is 10.6. The number of aromatic nitrogens is 1. The van der Waals surface area contributed by atoms with Gasteiger partial charge in [0.15, 0.2) is 0 Å². The monoisotopic (exact) mass is 308 g/mol. The molecular weight excluding hydrogens is 288 g/mol. The van der Waals surface area contributed by atoms with E-state index in [1.54, 1.807) is 0 Å². The molecule has 5 heteroatoms. The number of carbonyl (C=O) groups is 1. The second kappa shape index (κ2) is 6.49. The third-order valence-corrected chi connectivity index (χ3v) is 3.66. The summed E-state index contributed by atoms with van der Waals surface area (Å²) < 4.78 is 0. The largest absolute Gasteiger partial charge is 0.383 e. The predicted octanol–water partition coefficient (Wildman–Crippen LogP) is 3.59. The molecule has 0 unspecified atom stereocenters. The topological polar surface area (TPSA) is 91.8 Å². The van der Waals surface area contributed by atoms with E-state index >= 15 is 0 Å². The minimum absolute atomic E-state index is 0.123. The minimum Gasteiger partial charge on any atom is -0.383 e. The minimum atomic E-state index is -0.123. The van der Waals surface area contributed by atoms with Gasteiger partial charge in [-0.3, -0.25) is 4.79 Å². The average molecular weight is 308 g/mol. The van der Waals surface area contributed by atoms with Crippen LogP contribution in [0.4, 0.5) is 11.5 Å². The van der Waals surface area contributed by atoms with Crippen molar-refractivity contribution in [3.8, 4) is 17.2 Å². The van der Waals surface area contributed by atoms with Crippen LogP contribution >= 0.6 is 0 Å². The van der Waals surface area contributed by atoms with Gasteiger partial charge in [0.25, 0.3) is 0 Å². The Hall–Kier alpha value is -2.87. The zero-order chi connectivity index (χ0) is 17.1. The van der Waals surface area contributed by atoms with Crippen molar-refractivity contribution in [2.45, 2.75) is 33.6 Å². The molecule has 0 bridgehead atoms. The standard InChI is InChI=1S/C18H20N4O/c1-10(2)17-11(3)16(15(9-19)18(20)22-17)13-5-7-14(8-6-13)21-12(4)23/h5-8,10H,1-4H3,(H2,20,22)(H,21,23). The highest BCUT2D eigenvalue weighted by molar-refractivity contribution is 5.89. The van der Waals surface area contributed by atoms with Gasteiger partial charge in [0.05, 0.1) is 0 Å². The molecule has 118 valence electrons. The summed E-state index contributed by atoms with van der Waals surface area (Å²) >= 11 is 0. The highest BCUT2D eigenvalue weighted by atomic mass is 16.1. The molecule has 0 aliphatic rings. The van der Waals surface area contributed by atoms with Crippen LogP contribution in [0, 0.1) is 18.3 Å². The molecule has 1 aromatic carbocycles. The quantitative estimate of drug-likeness (QED) is 0.906. The fraction of sp³-hybridized carbons (Fsp3) is 0.278. The van der Waals surface area contributed by atoms with Gasteiger partial charge in [-0.15, -0.1) is 0 Å². The first-order valence-electron chi connectivity index (χ1n) is 7.43. The molecule has 0 atom stereocenters. The van der Waals surface area contributed by atoms with E-state index in [9.17, 15) is 10.1 Å². The van der Waals surface area contributed by atoms with Crippen molar-refractivity contribution in [3.63, 3.8) is 0 Å². The van der Waals surface area contributed by atoms with Crippen LogP contribution in [-0.4, -0.2) is 10.9 Å². The van der Waals surface area contributed by atoms with Crippen molar-refractivity contribution in [2.24, 2.45) is 0 Å². The fourth-order valence-electron chi connectivity index (χ4n) is 2.67. The Morgan fingerprint density at radius 3 is 2.39 bits per heavy atom. The first kappa shape index (κ1) is 16.5. The molecule has 0 radical (unpaired) electrons. The maximum absolute atomic E-state index is 11.1. The van der Waals surface area contributed by atoms with Crippen molar-refractivity contribution in [3.05, 3.63) is 41.1 Å². The Kier molecular flexibility index (Phi) is 4.65. The van der Waals surface area contributed by atoms with E-state index in [-0.39, 0.29) is 17.6 Å². The summed E-state index contributed by atoms with van der Waals surface area (Å²) in [5.74, 6) is 0.340. The van der Waals surface area contributed by atoms with Crippen LogP contribution in [0.5, 0.6) is 0 Å². The van der Waals surface area contributed by atoms with Gasteiger partial charge in [-0.05, 0) is 36.1 Å². The van der Waals surface area contributed by atoms with E-state index in [1.165, 1.54) is 6.92 Å². The Balaban J connectivity index is 2.62. The van der Waals surface area contributed by atoms with Crippen molar-refractivity contribution >= 4 is 17.4 Å². The molecule has 0 fully saturated rings. The highest BCUT2D eigenvalue weighted by Crippen LogP contribution is 2.34. The average Bonchev–Trinajstić information content (AvgIpc) is 2.49. The summed E-state index contributed by atoms with van der Waals surface area (Å²) in [6, 6.07) is 9.52. The lowest BCUT2D eigenvalue weighted by Crippen LogP contribution is -2.07. The Morgan fingerprint density at radius 2 is 1.91 bits per heavy atom. The molecular formula is C18H20N4O. The van der Waals surface area contributed by atoms with Gasteiger partial charge in [0, 0.05) is 23.9 Å². The molecule has 1 amide bonds. The van der Waals surface area contributed by atoms with E-state index in [4.69, 9.17) is 5.73 Å². The molecule has 5 nitrogen and oxygen atoms in total. The van der Waals surface area contributed by atoms with Gasteiger partial charge < -0.3 is 11.1 Å². The molecule has 23 heavy (non-hydrogen) atoms. The zero-order valence-corrected chi connectivity index (χ0v) is 13.8. The van der Waals surface area contributed by atoms with Crippen molar-refractivity contribution in [1.82, 2.24) is 4.98 Å². The number of benzene rings is 1. The van der Waals surface area contributed by atoms with Crippen molar-refractivity contribution in [1.29, 1.82) is 5.26 Å². The smallest absolute Gasteiger partial charge is 0.221 e. The van der Waals surface area contributed by atoms with E-state index in [1.807, 2.05) is 45.0 Å². The summed E-state index contributed by atoms with van der Waals surface area (Å²) in [4.78, 5) is 15.5. The Labute approximate surface area is 136 Å². The molecule has 1 heterocycles. The number of pyridine rings is 1. The van der Waals surface area contributed by atoms with Crippen LogP contribution in [0.15, 0.2) is 24.3 Å². The second-order valence-corrected chi connectivity index (χ2v) is 5.78. The number of anilines is 2. The number of carbonyl (C=O) groups excluding carboxylic acids is 1. The molecule has 1 aromatic heterocycles. The molecule has 3 N–H and O–H groups in total. The summed E-state index contributed by atoms with van der Waals surface area (Å²) in [7, 11) is 0. The Morgan fingerprint density at radius 1 is 1.30 bits per heavy atom. The Bertz CT molecular complexity index is 786. The lowest BCUT2D eigenvalue weighted by atomic mass is 9.92. The van der Waals surface area contributed by atoms with Crippen LogP contribution < -0.4 is 11.1 Å². The highest BCUT2D eigenvalue weighted by Gasteiger charge is 2.18. The normalized spacial score (nSPS) is 10.4. The number of amides is 1. The number of nitrogens with one attached hydrogen (secondary N) is 1. The predicted molar refractivity (Wildman–Crippen MR) is 91.9 cm³/mol. The van der Waals surface area contributed by atoms with Gasteiger partial charge >= 0.3 is 0 Å². The molecule has 0 spiro atoms. The first-order chi connectivity index (χ1) is 10.8. The summed E-state index contributed by atoms with van der Waals surface area (Å²) in [5, 5.41) is 12.2. The number of nitrogens with two attached hydrogens (primary N) is 1. The second-order valence-electron chi connectivity index (χ2n) is 5.78. The molecule has 2 rings (SSSR count). The van der Waals surface area contributed by atoms with Gasteiger partial charge in [0.2, 0.25) is 5.91 Å². The van der Waals surface area contributed by atoms with Crippen LogP contribution in [0.25, 0.3) is 11.1 Å².